The number of nitrogens with one attached hydrogen (secondary N) is 1. The van der Waals surface area contributed by atoms with Gasteiger partial charge in [-0.25, -0.2) is 0 Å². The highest BCUT2D eigenvalue weighted by molar-refractivity contribution is 7.98. The van der Waals surface area contributed by atoms with Crippen LogP contribution in [0.5, 0.6) is 11.5 Å². The van der Waals surface area contributed by atoms with Gasteiger partial charge in [-0.1, -0.05) is 41.6 Å². The van der Waals surface area contributed by atoms with E-state index in [4.69, 9.17) is 9.47 Å². The quantitative estimate of drug-likeness (QED) is 0.453. The molecule has 32 heavy (non-hydrogen) atoms. The molecule has 8 heteroatoms. The summed E-state index contributed by atoms with van der Waals surface area (Å²) in [6, 6.07) is 13.6. The predicted octanol–water partition coefficient (Wildman–Crippen LogP) is 3.87. The average molecular weight is 452 g/mol. The first-order valence-electron chi connectivity index (χ1n) is 10.2. The zero-order valence-corrected chi connectivity index (χ0v) is 19.3. The third-order valence-electron chi connectivity index (χ3n) is 5.56. The number of ether oxygens (including phenoxy) is 2. The Morgan fingerprint density at radius 3 is 2.69 bits per heavy atom. The molecular weight excluding hydrogens is 426 g/mol. The number of aromatic nitrogens is 2. The first-order chi connectivity index (χ1) is 15.4. The maximum absolute atomic E-state index is 13.2. The molecule has 1 amide bonds. The summed E-state index contributed by atoms with van der Waals surface area (Å²) in [6.07, 6.45) is 0.128. The number of fused-ring (bicyclic) bond motifs is 1. The largest absolute Gasteiger partial charge is 0.497 e. The van der Waals surface area contributed by atoms with E-state index < -0.39 is 5.92 Å². The Labute approximate surface area is 190 Å². The van der Waals surface area contributed by atoms with Crippen LogP contribution in [0.3, 0.4) is 0 Å². The minimum atomic E-state index is -0.481. The van der Waals surface area contributed by atoms with Gasteiger partial charge in [-0.3, -0.25) is 9.59 Å². The Morgan fingerprint density at radius 1 is 1.16 bits per heavy atom. The SMILES string of the molecule is COc1ccc(OC)c(C2CC(=O)Nc3c2c(=O)nc(SCc2cccc(C)c2)n3C)c1. The normalized spacial score (nSPS) is 15.1. The van der Waals surface area contributed by atoms with Gasteiger partial charge in [0.25, 0.3) is 5.56 Å². The third-order valence-corrected chi connectivity index (χ3v) is 6.66. The lowest BCUT2D eigenvalue weighted by molar-refractivity contribution is -0.116. The molecule has 0 bridgehead atoms. The smallest absolute Gasteiger partial charge is 0.279 e. The Kier molecular flexibility index (Phi) is 6.23. The van der Waals surface area contributed by atoms with Crippen LogP contribution in [-0.2, 0) is 17.6 Å². The van der Waals surface area contributed by atoms with Gasteiger partial charge in [0.15, 0.2) is 5.16 Å². The summed E-state index contributed by atoms with van der Waals surface area (Å²) in [4.78, 5) is 30.2. The average Bonchev–Trinajstić information content (AvgIpc) is 2.79. The molecule has 1 unspecified atom stereocenters. The summed E-state index contributed by atoms with van der Waals surface area (Å²) >= 11 is 1.46. The van der Waals surface area contributed by atoms with Gasteiger partial charge < -0.3 is 19.4 Å². The van der Waals surface area contributed by atoms with Crippen molar-refractivity contribution in [1.29, 1.82) is 0 Å². The molecule has 0 fully saturated rings. The molecule has 1 N–H and O–H groups in total. The summed E-state index contributed by atoms with van der Waals surface area (Å²) in [5, 5.41) is 3.43. The maximum Gasteiger partial charge on any atom is 0.279 e. The van der Waals surface area contributed by atoms with Gasteiger partial charge in [0, 0.05) is 30.7 Å². The summed E-state index contributed by atoms with van der Waals surface area (Å²) in [7, 11) is 4.96. The summed E-state index contributed by atoms with van der Waals surface area (Å²) in [5.41, 5.74) is 3.16. The van der Waals surface area contributed by atoms with E-state index in [1.54, 1.807) is 30.9 Å². The topological polar surface area (TPSA) is 82.4 Å². The minimum absolute atomic E-state index is 0.128. The Morgan fingerprint density at radius 2 is 1.97 bits per heavy atom. The van der Waals surface area contributed by atoms with Crippen molar-refractivity contribution in [1.82, 2.24) is 9.55 Å². The molecular formula is C24H25N3O4S. The highest BCUT2D eigenvalue weighted by atomic mass is 32.2. The molecule has 0 saturated heterocycles. The molecule has 4 rings (SSSR count). The Hall–Kier alpha value is -3.26. The Balaban J connectivity index is 1.76. The van der Waals surface area contributed by atoms with Crippen LogP contribution in [0.2, 0.25) is 0 Å². The van der Waals surface area contributed by atoms with Crippen LogP contribution in [-0.4, -0.2) is 29.7 Å². The lowest BCUT2D eigenvalue weighted by atomic mass is 9.86. The number of thioether (sulfide) groups is 1. The monoisotopic (exact) mass is 451 g/mol. The van der Waals surface area contributed by atoms with Crippen molar-refractivity contribution in [3.63, 3.8) is 0 Å². The lowest BCUT2D eigenvalue weighted by Crippen LogP contribution is -2.33. The van der Waals surface area contributed by atoms with Gasteiger partial charge >= 0.3 is 0 Å². The number of benzene rings is 2. The van der Waals surface area contributed by atoms with E-state index in [0.717, 1.165) is 11.1 Å². The number of aryl methyl sites for hydroxylation is 1. The third kappa shape index (κ3) is 4.23. The number of rotatable bonds is 6. The molecule has 3 aromatic rings. The maximum atomic E-state index is 13.2. The van der Waals surface area contributed by atoms with Gasteiger partial charge in [-0.2, -0.15) is 4.98 Å². The minimum Gasteiger partial charge on any atom is -0.497 e. The van der Waals surface area contributed by atoms with E-state index in [9.17, 15) is 9.59 Å². The van der Waals surface area contributed by atoms with Crippen molar-refractivity contribution in [2.45, 2.75) is 30.2 Å². The number of nitrogens with zero attached hydrogens (tertiary/aromatic N) is 2. The van der Waals surface area contributed by atoms with Crippen molar-refractivity contribution in [3.05, 3.63) is 75.1 Å². The molecule has 0 spiro atoms. The number of carbonyl (C=O) groups is 1. The summed E-state index contributed by atoms with van der Waals surface area (Å²) in [5.74, 6) is 1.72. The van der Waals surface area contributed by atoms with E-state index >= 15 is 0 Å². The van der Waals surface area contributed by atoms with Crippen LogP contribution in [0.15, 0.2) is 52.4 Å². The fourth-order valence-electron chi connectivity index (χ4n) is 3.99. The number of amides is 1. The Bertz CT molecular complexity index is 1240. The molecule has 2 heterocycles. The van der Waals surface area contributed by atoms with Crippen LogP contribution in [0.25, 0.3) is 0 Å². The van der Waals surface area contributed by atoms with Crippen molar-refractivity contribution >= 4 is 23.5 Å². The number of hydrogen-bond acceptors (Lipinski definition) is 6. The zero-order valence-electron chi connectivity index (χ0n) is 18.5. The second-order valence-electron chi connectivity index (χ2n) is 7.71. The fraction of sp³-hybridized carbons (Fsp3) is 0.292. The molecule has 1 aliphatic heterocycles. The van der Waals surface area contributed by atoms with E-state index in [-0.39, 0.29) is 17.9 Å². The fourth-order valence-corrected chi connectivity index (χ4v) is 4.90. The van der Waals surface area contributed by atoms with E-state index in [2.05, 4.69) is 16.4 Å². The first-order valence-corrected chi connectivity index (χ1v) is 11.2. The van der Waals surface area contributed by atoms with Crippen LogP contribution in [0, 0.1) is 6.92 Å². The molecule has 1 aromatic heterocycles. The lowest BCUT2D eigenvalue weighted by Gasteiger charge is -2.28. The van der Waals surface area contributed by atoms with Crippen LogP contribution < -0.4 is 20.3 Å². The predicted molar refractivity (Wildman–Crippen MR) is 125 cm³/mol. The van der Waals surface area contributed by atoms with Crippen LogP contribution in [0.4, 0.5) is 5.82 Å². The molecule has 1 atom stereocenters. The van der Waals surface area contributed by atoms with E-state index in [0.29, 0.717) is 33.8 Å². The highest BCUT2D eigenvalue weighted by Crippen LogP contribution is 2.41. The summed E-state index contributed by atoms with van der Waals surface area (Å²) < 4.78 is 12.7. The highest BCUT2D eigenvalue weighted by Gasteiger charge is 2.34. The van der Waals surface area contributed by atoms with Crippen LogP contribution >= 0.6 is 11.8 Å². The number of hydrogen-bond donors (Lipinski definition) is 1. The second-order valence-corrected chi connectivity index (χ2v) is 8.65. The number of anilines is 1. The standard InChI is InChI=1S/C24H25N3O4S/c1-14-6-5-7-15(10-14)13-32-24-26-23(29)21-18(12-20(28)25-22(21)27(24)2)17-11-16(30-3)8-9-19(17)31-4/h5-11,18H,12-13H2,1-4H3,(H,25,28). The van der Waals surface area contributed by atoms with Crippen molar-refractivity contribution in [2.24, 2.45) is 7.05 Å². The van der Waals surface area contributed by atoms with Gasteiger partial charge in [0.1, 0.15) is 17.3 Å². The van der Waals surface area contributed by atoms with Gasteiger partial charge in [0.05, 0.1) is 19.8 Å². The van der Waals surface area contributed by atoms with Gasteiger partial charge in [0.2, 0.25) is 5.91 Å². The molecule has 0 saturated carbocycles. The molecule has 1 aliphatic rings. The van der Waals surface area contributed by atoms with Crippen LogP contribution in [0.1, 0.15) is 34.6 Å². The van der Waals surface area contributed by atoms with Gasteiger partial charge in [-0.15, -0.1) is 0 Å². The number of methoxy groups -OCH3 is 2. The summed E-state index contributed by atoms with van der Waals surface area (Å²) in [6.45, 7) is 2.05. The van der Waals surface area contributed by atoms with E-state index in [1.807, 2.05) is 38.2 Å². The number of carbonyl (C=O) groups excluding carboxylic acids is 1. The zero-order chi connectivity index (χ0) is 22.8. The molecule has 7 nitrogen and oxygen atoms in total. The molecule has 0 radical (unpaired) electrons. The molecule has 166 valence electrons. The first kappa shape index (κ1) is 22.0. The molecule has 0 aliphatic carbocycles. The van der Waals surface area contributed by atoms with Gasteiger partial charge in [-0.05, 0) is 30.7 Å². The van der Waals surface area contributed by atoms with Crippen molar-refractivity contribution < 1.29 is 14.3 Å². The van der Waals surface area contributed by atoms with Crippen molar-refractivity contribution in [2.75, 3.05) is 19.5 Å². The van der Waals surface area contributed by atoms with E-state index in [1.165, 1.54) is 17.3 Å². The van der Waals surface area contributed by atoms with Crippen molar-refractivity contribution in [3.8, 4) is 11.5 Å². The second kappa shape index (κ2) is 9.08. The molecule has 2 aromatic carbocycles.